The summed E-state index contributed by atoms with van der Waals surface area (Å²) in [6.45, 7) is 1.39. The van der Waals surface area contributed by atoms with Crippen molar-refractivity contribution in [3.63, 3.8) is 0 Å². The quantitative estimate of drug-likeness (QED) is 0.759. The monoisotopic (exact) mass is 345 g/mol. The number of nitrogens with one attached hydrogen (secondary N) is 2. The lowest BCUT2D eigenvalue weighted by molar-refractivity contribution is -0.114. The minimum absolute atomic E-state index is 0.155. The molecule has 128 valence electrons. The van der Waals surface area contributed by atoms with E-state index in [-0.39, 0.29) is 11.6 Å². The Morgan fingerprint density at radius 1 is 1.04 bits per heavy atom. The summed E-state index contributed by atoms with van der Waals surface area (Å²) in [7, 11) is 0. The molecule has 26 heavy (non-hydrogen) atoms. The fraction of sp³-hybridized carbons (Fsp3) is 0.0526. The molecule has 2 amide bonds. The molecule has 0 spiro atoms. The van der Waals surface area contributed by atoms with Crippen LogP contribution in [0.25, 0.3) is 5.69 Å². The first-order valence-corrected chi connectivity index (χ1v) is 7.81. The van der Waals surface area contributed by atoms with Crippen LogP contribution in [-0.2, 0) is 4.79 Å². The predicted octanol–water partition coefficient (Wildman–Crippen LogP) is 2.95. The summed E-state index contributed by atoms with van der Waals surface area (Å²) in [5.41, 5.74) is 1.92. The molecule has 7 heteroatoms. The third-order valence-corrected chi connectivity index (χ3v) is 3.52. The summed E-state index contributed by atoms with van der Waals surface area (Å²) >= 11 is 0. The van der Waals surface area contributed by atoms with Gasteiger partial charge in [0.15, 0.2) is 5.69 Å². The van der Waals surface area contributed by atoms with Gasteiger partial charge in [0.2, 0.25) is 5.91 Å². The summed E-state index contributed by atoms with van der Waals surface area (Å²) in [6.07, 6.45) is 0. The zero-order chi connectivity index (χ0) is 18.5. The van der Waals surface area contributed by atoms with E-state index in [0.29, 0.717) is 22.8 Å². The van der Waals surface area contributed by atoms with Crippen LogP contribution in [0.4, 0.5) is 11.5 Å². The van der Waals surface area contributed by atoms with Crippen molar-refractivity contribution in [1.29, 1.82) is 5.26 Å². The van der Waals surface area contributed by atoms with E-state index in [0.717, 1.165) is 0 Å². The second-order valence-corrected chi connectivity index (χ2v) is 5.49. The van der Waals surface area contributed by atoms with Crippen molar-refractivity contribution >= 4 is 23.3 Å². The highest BCUT2D eigenvalue weighted by Crippen LogP contribution is 2.18. The molecule has 0 aliphatic carbocycles. The standard InChI is InChI=1S/C19H15N5O2/c1-13(25)21-18-11-17(23-24(18)16-5-3-2-4-6-16)19(26)22-15-9-7-14(12-20)8-10-15/h2-11H,1H3,(H,21,25)(H,22,26). The topological polar surface area (TPSA) is 99.8 Å². The summed E-state index contributed by atoms with van der Waals surface area (Å²) in [5.74, 6) is -0.286. The van der Waals surface area contributed by atoms with E-state index in [9.17, 15) is 9.59 Å². The maximum absolute atomic E-state index is 12.5. The maximum atomic E-state index is 12.5. The molecule has 2 aromatic carbocycles. The number of benzene rings is 2. The average Bonchev–Trinajstić information content (AvgIpc) is 3.06. The molecule has 1 aromatic heterocycles. The minimum Gasteiger partial charge on any atom is -0.321 e. The van der Waals surface area contributed by atoms with E-state index in [2.05, 4.69) is 15.7 Å². The Morgan fingerprint density at radius 3 is 2.35 bits per heavy atom. The van der Waals surface area contributed by atoms with E-state index in [1.54, 1.807) is 24.3 Å². The van der Waals surface area contributed by atoms with Crippen LogP contribution in [-0.4, -0.2) is 21.6 Å². The molecular weight excluding hydrogens is 330 g/mol. The molecule has 3 rings (SSSR count). The van der Waals surface area contributed by atoms with Crippen LogP contribution in [0.15, 0.2) is 60.7 Å². The second-order valence-electron chi connectivity index (χ2n) is 5.49. The van der Waals surface area contributed by atoms with Crippen molar-refractivity contribution in [2.45, 2.75) is 6.92 Å². The summed E-state index contributed by atoms with van der Waals surface area (Å²) in [6, 6.07) is 19.2. The van der Waals surface area contributed by atoms with Gasteiger partial charge in [-0.25, -0.2) is 4.68 Å². The van der Waals surface area contributed by atoms with Crippen molar-refractivity contribution in [3.8, 4) is 11.8 Å². The van der Waals surface area contributed by atoms with E-state index in [4.69, 9.17) is 5.26 Å². The predicted molar refractivity (Wildman–Crippen MR) is 97.0 cm³/mol. The first-order chi connectivity index (χ1) is 12.6. The molecule has 0 bridgehead atoms. The Morgan fingerprint density at radius 2 is 1.73 bits per heavy atom. The molecule has 0 aliphatic heterocycles. The Labute approximate surface area is 149 Å². The molecule has 2 N–H and O–H groups in total. The smallest absolute Gasteiger partial charge is 0.276 e. The third-order valence-electron chi connectivity index (χ3n) is 3.52. The zero-order valence-electron chi connectivity index (χ0n) is 13.9. The van der Waals surface area contributed by atoms with Gasteiger partial charge in [-0.05, 0) is 36.4 Å². The molecule has 1 heterocycles. The zero-order valence-corrected chi connectivity index (χ0v) is 13.9. The highest BCUT2D eigenvalue weighted by atomic mass is 16.2. The largest absolute Gasteiger partial charge is 0.321 e. The van der Waals surface area contributed by atoms with Crippen molar-refractivity contribution < 1.29 is 9.59 Å². The van der Waals surface area contributed by atoms with Crippen molar-refractivity contribution in [2.75, 3.05) is 10.6 Å². The Bertz CT molecular complexity index is 985. The molecule has 0 unspecified atom stereocenters. The number of hydrogen-bond donors (Lipinski definition) is 2. The number of nitriles is 1. The number of aromatic nitrogens is 2. The normalized spacial score (nSPS) is 10.0. The Balaban J connectivity index is 1.89. The van der Waals surface area contributed by atoms with Crippen LogP contribution < -0.4 is 10.6 Å². The van der Waals surface area contributed by atoms with E-state index in [1.807, 2.05) is 36.4 Å². The van der Waals surface area contributed by atoms with Crippen molar-refractivity contribution in [1.82, 2.24) is 9.78 Å². The highest BCUT2D eigenvalue weighted by molar-refractivity contribution is 6.04. The average molecular weight is 345 g/mol. The lowest BCUT2D eigenvalue weighted by Crippen LogP contribution is -2.13. The first kappa shape index (κ1) is 16.9. The molecule has 0 aliphatic rings. The molecule has 0 saturated carbocycles. The lowest BCUT2D eigenvalue weighted by atomic mass is 10.2. The summed E-state index contributed by atoms with van der Waals surface area (Å²) in [5, 5.41) is 18.5. The number of carbonyl (C=O) groups excluding carboxylic acids is 2. The van der Waals surface area contributed by atoms with Crippen molar-refractivity contribution in [3.05, 3.63) is 71.9 Å². The first-order valence-electron chi connectivity index (χ1n) is 7.81. The Hall–Kier alpha value is -3.92. The fourth-order valence-corrected chi connectivity index (χ4v) is 2.35. The van der Waals surface area contributed by atoms with Crippen LogP contribution >= 0.6 is 0 Å². The second kappa shape index (κ2) is 7.32. The fourth-order valence-electron chi connectivity index (χ4n) is 2.35. The van der Waals surface area contributed by atoms with Gasteiger partial charge < -0.3 is 10.6 Å². The SMILES string of the molecule is CC(=O)Nc1cc(C(=O)Nc2ccc(C#N)cc2)nn1-c1ccccc1. The van der Waals surface area contributed by atoms with Gasteiger partial charge in [0.1, 0.15) is 5.82 Å². The summed E-state index contributed by atoms with van der Waals surface area (Å²) in [4.78, 5) is 23.9. The maximum Gasteiger partial charge on any atom is 0.276 e. The number of amides is 2. The number of nitrogens with zero attached hydrogens (tertiary/aromatic N) is 3. The van der Waals surface area contributed by atoms with Gasteiger partial charge in [0.25, 0.3) is 5.91 Å². The lowest BCUT2D eigenvalue weighted by Gasteiger charge is -2.06. The molecule has 0 radical (unpaired) electrons. The van der Waals surface area contributed by atoms with Gasteiger partial charge in [0, 0.05) is 18.7 Å². The van der Waals surface area contributed by atoms with Gasteiger partial charge in [-0.3, -0.25) is 9.59 Å². The van der Waals surface area contributed by atoms with Crippen LogP contribution in [0.5, 0.6) is 0 Å². The van der Waals surface area contributed by atoms with Gasteiger partial charge in [-0.15, -0.1) is 0 Å². The van der Waals surface area contributed by atoms with Crippen LogP contribution in [0, 0.1) is 11.3 Å². The number of hydrogen-bond acceptors (Lipinski definition) is 4. The van der Waals surface area contributed by atoms with Gasteiger partial charge >= 0.3 is 0 Å². The number of rotatable bonds is 4. The van der Waals surface area contributed by atoms with Crippen LogP contribution in [0.2, 0.25) is 0 Å². The van der Waals surface area contributed by atoms with E-state index in [1.165, 1.54) is 17.7 Å². The van der Waals surface area contributed by atoms with Crippen molar-refractivity contribution in [2.24, 2.45) is 0 Å². The molecule has 0 atom stereocenters. The minimum atomic E-state index is -0.420. The van der Waals surface area contributed by atoms with Crippen LogP contribution in [0.1, 0.15) is 23.0 Å². The molecule has 3 aromatic rings. The number of para-hydroxylation sites is 1. The van der Waals surface area contributed by atoms with Gasteiger partial charge in [-0.2, -0.15) is 10.4 Å². The molecule has 7 nitrogen and oxygen atoms in total. The summed E-state index contributed by atoms with van der Waals surface area (Å²) < 4.78 is 1.50. The van der Waals surface area contributed by atoms with Gasteiger partial charge in [-0.1, -0.05) is 18.2 Å². The van der Waals surface area contributed by atoms with Gasteiger partial charge in [0.05, 0.1) is 17.3 Å². The highest BCUT2D eigenvalue weighted by Gasteiger charge is 2.16. The van der Waals surface area contributed by atoms with E-state index < -0.39 is 5.91 Å². The molecular formula is C19H15N5O2. The van der Waals surface area contributed by atoms with Crippen LogP contribution in [0.3, 0.4) is 0 Å². The molecule has 0 saturated heterocycles. The number of anilines is 2. The number of carbonyl (C=O) groups is 2. The molecule has 0 fully saturated rings. The Kier molecular flexibility index (Phi) is 4.76. The third kappa shape index (κ3) is 3.76. The van der Waals surface area contributed by atoms with E-state index >= 15 is 0 Å².